The molecule has 1 heterocycles. The molecule has 1 aliphatic heterocycles. The minimum absolute atomic E-state index is 0.0378. The fraction of sp³-hybridized carbons (Fsp3) is 0.571. The average molecular weight is 489 g/mol. The van der Waals surface area contributed by atoms with Gasteiger partial charge >= 0.3 is 16.4 Å². The predicted molar refractivity (Wildman–Crippen MR) is 93.8 cm³/mol. The van der Waals surface area contributed by atoms with Gasteiger partial charge in [-0.2, -0.15) is 35.0 Å². The molecule has 2 rings (SSSR count). The molecule has 0 atom stereocenters. The van der Waals surface area contributed by atoms with Gasteiger partial charge in [0.2, 0.25) is 0 Å². The molecule has 168 valence electrons. The Labute approximate surface area is 172 Å². The number of alkyl halides is 6. The van der Waals surface area contributed by atoms with Crippen LogP contribution in [0, 0.1) is 0 Å². The van der Waals surface area contributed by atoms with Crippen molar-refractivity contribution in [1.29, 1.82) is 0 Å². The van der Waals surface area contributed by atoms with E-state index < -0.39 is 51.6 Å². The highest BCUT2D eigenvalue weighted by atomic mass is 32.2. The van der Waals surface area contributed by atoms with Crippen LogP contribution in [0.4, 0.5) is 26.3 Å². The fourth-order valence-corrected chi connectivity index (χ4v) is 4.26. The molecule has 1 fully saturated rings. The first-order chi connectivity index (χ1) is 13.3. The van der Waals surface area contributed by atoms with E-state index in [0.29, 0.717) is 6.42 Å². The van der Waals surface area contributed by atoms with Crippen LogP contribution < -0.4 is 5.26 Å². The highest BCUT2D eigenvalue weighted by molar-refractivity contribution is 7.95. The lowest BCUT2D eigenvalue weighted by Gasteiger charge is -2.35. The molecule has 0 aliphatic carbocycles. The lowest BCUT2D eigenvalue weighted by atomic mass is 10.2. The van der Waals surface area contributed by atoms with Gasteiger partial charge in [0.05, 0.1) is 0 Å². The van der Waals surface area contributed by atoms with Crippen molar-refractivity contribution in [3.05, 3.63) is 30.3 Å². The third-order valence-corrected chi connectivity index (χ3v) is 6.52. The molecule has 29 heavy (non-hydrogen) atoms. The van der Waals surface area contributed by atoms with Crippen LogP contribution in [-0.2, 0) is 32.0 Å². The van der Waals surface area contributed by atoms with Crippen molar-refractivity contribution >= 4 is 34.7 Å². The quantitative estimate of drug-likeness (QED) is 0.193. The Kier molecular flexibility index (Phi) is 9.57. The first-order valence-corrected chi connectivity index (χ1v) is 10.5. The highest BCUT2D eigenvalue weighted by Gasteiger charge is 2.79. The number of hydrogen-bond donors (Lipinski definition) is 0. The van der Waals surface area contributed by atoms with Crippen LogP contribution in [0.25, 0.3) is 0 Å². The van der Waals surface area contributed by atoms with Gasteiger partial charge in [0.15, 0.2) is 0 Å². The largest absolute Gasteiger partial charge is 0.691 e. The van der Waals surface area contributed by atoms with Crippen LogP contribution in [0.3, 0.4) is 0 Å². The molecule has 0 unspecified atom stereocenters. The molecular formula is C14H17F6NO5S3. The zero-order chi connectivity index (χ0) is 22.3. The summed E-state index contributed by atoms with van der Waals surface area (Å²) in [5.74, 6) is -6.35. The van der Waals surface area contributed by atoms with Crippen molar-refractivity contribution in [3.63, 3.8) is 0 Å². The van der Waals surface area contributed by atoms with Crippen LogP contribution in [-0.4, -0.2) is 42.2 Å². The zero-order valence-electron chi connectivity index (χ0n) is 14.5. The summed E-state index contributed by atoms with van der Waals surface area (Å²) in [6.45, 7) is -0.959. The normalized spacial score (nSPS) is 16.8. The van der Waals surface area contributed by atoms with Gasteiger partial charge < -0.3 is 5.26 Å². The van der Waals surface area contributed by atoms with E-state index in [-0.39, 0.29) is 17.1 Å². The van der Waals surface area contributed by atoms with E-state index in [9.17, 15) is 40.0 Å². The molecule has 0 spiro atoms. The number of halogens is 6. The number of sulfonamides is 1. The smallest absolute Gasteiger partial charge is 0.428 e. The molecule has 6 nitrogen and oxygen atoms in total. The molecule has 1 aromatic carbocycles. The maximum absolute atomic E-state index is 13.6. The van der Waals surface area contributed by atoms with Crippen molar-refractivity contribution < 1.29 is 49.4 Å². The van der Waals surface area contributed by atoms with Gasteiger partial charge in [-0.1, -0.05) is 24.6 Å². The van der Waals surface area contributed by atoms with Gasteiger partial charge in [0, 0.05) is 13.1 Å². The van der Waals surface area contributed by atoms with Gasteiger partial charge in [0.25, 0.3) is 10.0 Å². The summed E-state index contributed by atoms with van der Waals surface area (Å²) in [4.78, 5) is 1.13. The van der Waals surface area contributed by atoms with E-state index in [0.717, 1.165) is 4.90 Å². The second kappa shape index (κ2) is 10.5. The number of nitrogens with zero attached hydrogens (tertiary/aromatic N) is 1. The van der Waals surface area contributed by atoms with E-state index in [1.807, 2.05) is 30.3 Å². The maximum atomic E-state index is 13.6. The van der Waals surface area contributed by atoms with Crippen molar-refractivity contribution in [2.45, 2.75) is 40.6 Å². The lowest BCUT2D eigenvalue weighted by molar-refractivity contribution is -0.777. The summed E-state index contributed by atoms with van der Waals surface area (Å²) in [6, 6.07) is 9.96. The molecule has 0 N–H and O–H groups in total. The van der Waals surface area contributed by atoms with E-state index in [1.54, 1.807) is 0 Å². The zero-order valence-corrected chi connectivity index (χ0v) is 17.1. The summed E-state index contributed by atoms with van der Waals surface area (Å²) < 4.78 is 106. The minimum atomic E-state index is -6.35. The maximum Gasteiger partial charge on any atom is 0.428 e. The summed E-state index contributed by atoms with van der Waals surface area (Å²) >= 11 is 1.65. The van der Waals surface area contributed by atoms with E-state index in [2.05, 4.69) is 22.0 Å². The molecule has 1 aromatic rings. The topological polar surface area (TPSA) is 78.9 Å². The van der Waals surface area contributed by atoms with Crippen molar-refractivity contribution in [2.24, 2.45) is 0 Å². The summed E-state index contributed by atoms with van der Waals surface area (Å²) in [6.07, 6.45) is 0.771. The Balaban J connectivity index is 0.000000502. The molecule has 0 radical (unpaired) electrons. The van der Waals surface area contributed by atoms with Crippen LogP contribution in [0.2, 0.25) is 0 Å². The van der Waals surface area contributed by atoms with Crippen LogP contribution in [0.15, 0.2) is 35.2 Å². The fourth-order valence-electron chi connectivity index (χ4n) is 2.15. The molecule has 1 aliphatic rings. The van der Waals surface area contributed by atoms with Gasteiger partial charge in [-0.15, -0.1) is 0 Å². The second-order valence-corrected chi connectivity index (χ2v) is 9.03. The number of benzene rings is 1. The second-order valence-electron chi connectivity index (χ2n) is 5.66. The van der Waals surface area contributed by atoms with Crippen LogP contribution in [0.5, 0.6) is 0 Å². The molecule has 15 heteroatoms. The van der Waals surface area contributed by atoms with E-state index >= 15 is 0 Å². The Bertz CT molecular complexity index is 733. The monoisotopic (exact) mass is 489 g/mol. The standard InChI is InChI=1S/C8H11F6NO5S2.C6H6S/c9-6(10,7(11,12)21-20-19-16)8(13,14)22(17,18)15-4-2-1-3-5-15;7-6-4-2-1-3-5-6/h16H,1-5H2;1-5,7H. The SMILES string of the molecule is O=S(=O)(N1CCCCC1)C(F)(F)C(F)(F)C(F)(F)SOO[O-].[SH2+]c1ccccc1. The lowest BCUT2D eigenvalue weighted by Crippen LogP contribution is -2.60. The molecule has 0 bridgehead atoms. The molecule has 0 saturated carbocycles. The summed E-state index contributed by atoms with van der Waals surface area (Å²) in [5, 5.41) is -0.0989. The van der Waals surface area contributed by atoms with Crippen molar-refractivity contribution in [1.82, 2.24) is 4.31 Å². The van der Waals surface area contributed by atoms with Gasteiger partial charge in [-0.3, -0.25) is 5.04 Å². The highest BCUT2D eigenvalue weighted by Crippen LogP contribution is 2.54. The van der Waals surface area contributed by atoms with Crippen LogP contribution >= 0.6 is 12.0 Å². The van der Waals surface area contributed by atoms with Crippen molar-refractivity contribution in [2.75, 3.05) is 13.1 Å². The first kappa shape index (κ1) is 26.3. The Morgan fingerprint density at radius 3 is 1.93 bits per heavy atom. The van der Waals surface area contributed by atoms with Crippen molar-refractivity contribution in [3.8, 4) is 0 Å². The Morgan fingerprint density at radius 1 is 1.00 bits per heavy atom. The van der Waals surface area contributed by atoms with Gasteiger partial charge in [-0.05, 0) is 37.6 Å². The average Bonchev–Trinajstić information content (AvgIpc) is 2.67. The number of hydrogen-bond acceptors (Lipinski definition) is 6. The Hall–Kier alpha value is -0.710. The van der Waals surface area contributed by atoms with Gasteiger partial charge in [-0.25, -0.2) is 8.42 Å². The van der Waals surface area contributed by atoms with Gasteiger partial charge in [0.1, 0.15) is 16.9 Å². The molecular weight excluding hydrogens is 472 g/mol. The number of rotatable bonds is 7. The minimum Gasteiger partial charge on any atom is -0.691 e. The van der Waals surface area contributed by atoms with Crippen LogP contribution in [0.1, 0.15) is 19.3 Å². The molecule has 1 saturated heterocycles. The molecule has 0 amide bonds. The first-order valence-electron chi connectivity index (χ1n) is 7.85. The van der Waals surface area contributed by atoms with E-state index in [1.165, 1.54) is 0 Å². The Morgan fingerprint density at radius 2 is 1.52 bits per heavy atom. The molecule has 0 aromatic heterocycles. The summed E-state index contributed by atoms with van der Waals surface area (Å²) in [7, 11) is -6.05. The van der Waals surface area contributed by atoms with E-state index in [4.69, 9.17) is 0 Å². The predicted octanol–water partition coefficient (Wildman–Crippen LogP) is 2.55. The third-order valence-electron chi connectivity index (χ3n) is 3.65. The summed E-state index contributed by atoms with van der Waals surface area (Å²) in [5.41, 5.74) is 0. The number of piperidine rings is 1. The third kappa shape index (κ3) is 6.15.